The molecule has 0 saturated heterocycles. The molecule has 1 fully saturated rings. The summed E-state index contributed by atoms with van der Waals surface area (Å²) in [6.07, 6.45) is 2.88. The van der Waals surface area contributed by atoms with E-state index < -0.39 is 67.8 Å². The standard InChI is InChI=1S/C57H60N8O10/c1-3-37(29-60-63-55(70)59-28-35-24-26-36(27-25-35)53(68)58-2)61-51(66)31-65-50-23-13-12-22-49(50)64(52(67)34-75-57(72)74-33-47-44-20-10-6-16-40(44)41-17-7-11-21-45(41)47)30-48(54(65)69)62-56(71)73-32-46-42-18-8-4-14-38(42)39-15-5-9-19-43(39)46/h4-23,29,35-37,46-48H,3,24-28,30-34H2,1-2H3,(H,58,68)(H,61,66)(H,62,71)(H2,59,63,70)/b60-29+/t35?,36?,37-,48-/m0/s1. The van der Waals surface area contributed by atoms with Gasteiger partial charge in [-0.05, 0) is 94.7 Å². The maximum Gasteiger partial charge on any atom is 0.508 e. The lowest BCUT2D eigenvalue weighted by Crippen LogP contribution is -2.55. The summed E-state index contributed by atoms with van der Waals surface area (Å²) in [6, 6.07) is 35.3. The number of carbonyl (C=O) groups is 7. The molecular formula is C57H60N8O10. The molecule has 18 heteroatoms. The van der Waals surface area contributed by atoms with Gasteiger partial charge < -0.3 is 40.4 Å². The number of ether oxygens (including phenoxy) is 3. The molecule has 4 aliphatic rings. The van der Waals surface area contributed by atoms with E-state index in [1.165, 1.54) is 16.0 Å². The number of rotatable bonds is 16. The quantitative estimate of drug-likeness (QED) is 0.0388. The van der Waals surface area contributed by atoms with Crippen molar-refractivity contribution in [1.82, 2.24) is 26.7 Å². The zero-order chi connectivity index (χ0) is 52.4. The first-order valence-electron chi connectivity index (χ1n) is 25.4. The van der Waals surface area contributed by atoms with Gasteiger partial charge in [-0.25, -0.2) is 19.8 Å². The summed E-state index contributed by atoms with van der Waals surface area (Å²) in [7, 11) is 1.63. The van der Waals surface area contributed by atoms with Gasteiger partial charge in [-0.1, -0.05) is 116 Å². The molecule has 0 bridgehead atoms. The highest BCUT2D eigenvalue weighted by Gasteiger charge is 2.39. The first-order chi connectivity index (χ1) is 36.5. The Labute approximate surface area is 434 Å². The summed E-state index contributed by atoms with van der Waals surface area (Å²) in [4.78, 5) is 97.0. The van der Waals surface area contributed by atoms with E-state index in [2.05, 4.69) is 31.8 Å². The lowest BCUT2D eigenvalue weighted by atomic mass is 9.81. The first kappa shape index (κ1) is 51.4. The van der Waals surface area contributed by atoms with Gasteiger partial charge in [-0.15, -0.1) is 0 Å². The van der Waals surface area contributed by atoms with Crippen LogP contribution >= 0.6 is 0 Å². The summed E-state index contributed by atoms with van der Waals surface area (Å²) < 4.78 is 16.9. The van der Waals surface area contributed by atoms with E-state index in [9.17, 15) is 33.6 Å². The summed E-state index contributed by atoms with van der Waals surface area (Å²) >= 11 is 0. The van der Waals surface area contributed by atoms with Crippen LogP contribution in [0.15, 0.2) is 126 Å². The van der Waals surface area contributed by atoms with Crippen LogP contribution in [-0.2, 0) is 33.4 Å². The number of amides is 7. The van der Waals surface area contributed by atoms with E-state index in [0.717, 1.165) is 70.2 Å². The highest BCUT2D eigenvalue weighted by atomic mass is 16.7. The fraction of sp³-hybridized carbons (Fsp3) is 0.333. The number of nitrogens with one attached hydrogen (secondary N) is 5. The number of carbonyl (C=O) groups excluding carboxylic acids is 7. The maximum atomic E-state index is 14.8. The molecule has 0 aromatic heterocycles. The molecule has 0 spiro atoms. The smallest absolute Gasteiger partial charge is 0.449 e. The highest BCUT2D eigenvalue weighted by molar-refractivity contribution is 6.10. The third kappa shape index (κ3) is 11.6. The topological polar surface area (TPSA) is 226 Å². The number of benzene rings is 5. The minimum atomic E-state index is -1.45. The van der Waals surface area contributed by atoms with Crippen LogP contribution in [0.5, 0.6) is 0 Å². The molecule has 0 radical (unpaired) electrons. The lowest BCUT2D eigenvalue weighted by molar-refractivity contribution is -0.126. The minimum Gasteiger partial charge on any atom is -0.449 e. The summed E-state index contributed by atoms with van der Waals surface area (Å²) in [5, 5.41) is 15.1. The zero-order valence-electron chi connectivity index (χ0n) is 41.8. The number of hydrazone groups is 1. The predicted octanol–water partition coefficient (Wildman–Crippen LogP) is 6.97. The molecule has 7 amide bonds. The van der Waals surface area contributed by atoms with Crippen LogP contribution in [0, 0.1) is 11.8 Å². The van der Waals surface area contributed by atoms with Crippen molar-refractivity contribution in [2.45, 2.75) is 62.9 Å². The van der Waals surface area contributed by atoms with Crippen LogP contribution < -0.4 is 36.5 Å². The van der Waals surface area contributed by atoms with Crippen molar-refractivity contribution in [2.24, 2.45) is 16.9 Å². The van der Waals surface area contributed by atoms with E-state index in [4.69, 9.17) is 14.2 Å². The Bertz CT molecular complexity index is 2900. The SMILES string of the molecule is CC[C@@H](/C=N/NC(=O)NCC1CCC(C(=O)NC)CC1)NC(=O)CN1C(=O)[C@@H](NC(=O)OCC2c3ccccc3-c3ccccc32)CN(C(=O)COC(=O)OCC2c3ccccc3-c3ccccc32)c2ccccc21. The van der Waals surface area contributed by atoms with E-state index >= 15 is 0 Å². The molecule has 1 saturated carbocycles. The average Bonchev–Trinajstić information content (AvgIpc) is 3.90. The van der Waals surface area contributed by atoms with Gasteiger partial charge >= 0.3 is 18.3 Å². The van der Waals surface area contributed by atoms with Crippen molar-refractivity contribution in [3.05, 3.63) is 144 Å². The fourth-order valence-electron chi connectivity index (χ4n) is 10.6. The normalized spacial score (nSPS) is 18.0. The number of fused-ring (bicyclic) bond motifs is 7. The molecule has 3 aliphatic carbocycles. The molecule has 75 heavy (non-hydrogen) atoms. The summed E-state index contributed by atoms with van der Waals surface area (Å²) in [5.41, 5.74) is 11.0. The second-order valence-electron chi connectivity index (χ2n) is 19.0. The number of alkyl carbamates (subject to hydrolysis) is 1. The molecule has 388 valence electrons. The van der Waals surface area contributed by atoms with Crippen molar-refractivity contribution in [2.75, 3.05) is 56.3 Å². The number of hydrogen-bond donors (Lipinski definition) is 5. The molecule has 5 N–H and O–H groups in total. The monoisotopic (exact) mass is 1020 g/mol. The number of para-hydroxylation sites is 2. The lowest BCUT2D eigenvalue weighted by Gasteiger charge is -2.27. The Morgan fingerprint density at radius 2 is 1.23 bits per heavy atom. The third-order valence-corrected chi connectivity index (χ3v) is 14.5. The van der Waals surface area contributed by atoms with Gasteiger partial charge in [-0.3, -0.25) is 24.1 Å². The van der Waals surface area contributed by atoms with Gasteiger partial charge in [0.05, 0.1) is 24.0 Å². The maximum absolute atomic E-state index is 14.8. The Balaban J connectivity index is 0.868. The van der Waals surface area contributed by atoms with Crippen LogP contribution in [0.4, 0.5) is 25.8 Å². The molecule has 2 atom stereocenters. The molecule has 5 aromatic carbocycles. The van der Waals surface area contributed by atoms with Crippen molar-refractivity contribution < 1.29 is 47.8 Å². The van der Waals surface area contributed by atoms with Gasteiger partial charge in [-0.2, -0.15) is 5.10 Å². The van der Waals surface area contributed by atoms with Crippen LogP contribution in [0.2, 0.25) is 0 Å². The molecule has 18 nitrogen and oxygen atoms in total. The summed E-state index contributed by atoms with van der Waals surface area (Å²) in [6.45, 7) is 0.403. The van der Waals surface area contributed by atoms with Gasteiger partial charge in [0, 0.05) is 37.6 Å². The summed E-state index contributed by atoms with van der Waals surface area (Å²) in [5.74, 6) is -2.33. The molecule has 9 rings (SSSR count). The number of hydrogen-bond acceptors (Lipinski definition) is 11. The van der Waals surface area contributed by atoms with Crippen LogP contribution in [0.3, 0.4) is 0 Å². The fourth-order valence-corrected chi connectivity index (χ4v) is 10.6. The molecule has 5 aromatic rings. The van der Waals surface area contributed by atoms with Gasteiger partial charge in [0.2, 0.25) is 11.8 Å². The molecular weight excluding hydrogens is 957 g/mol. The van der Waals surface area contributed by atoms with E-state index in [-0.39, 0.29) is 54.2 Å². The Morgan fingerprint density at radius 1 is 0.693 bits per heavy atom. The Kier molecular flexibility index (Phi) is 16.1. The Morgan fingerprint density at radius 3 is 1.79 bits per heavy atom. The van der Waals surface area contributed by atoms with Crippen LogP contribution in [0.1, 0.15) is 73.1 Å². The predicted molar refractivity (Wildman–Crippen MR) is 281 cm³/mol. The number of anilines is 2. The molecule has 1 heterocycles. The van der Waals surface area contributed by atoms with E-state index in [1.807, 2.05) is 97.1 Å². The second kappa shape index (κ2) is 23.6. The van der Waals surface area contributed by atoms with E-state index in [0.29, 0.717) is 13.0 Å². The van der Waals surface area contributed by atoms with Crippen LogP contribution in [0.25, 0.3) is 22.3 Å². The minimum absolute atomic E-state index is 0.0137. The number of nitrogens with zero attached hydrogens (tertiary/aromatic N) is 3. The Hall–Kier alpha value is -8.54. The molecule has 0 unspecified atom stereocenters. The van der Waals surface area contributed by atoms with Gasteiger partial charge in [0.25, 0.3) is 11.8 Å². The first-order valence-corrected chi connectivity index (χ1v) is 25.4. The second-order valence-corrected chi connectivity index (χ2v) is 19.0. The van der Waals surface area contributed by atoms with E-state index in [1.54, 1.807) is 38.2 Å². The highest BCUT2D eigenvalue weighted by Crippen LogP contribution is 2.46. The van der Waals surface area contributed by atoms with Crippen molar-refractivity contribution in [3.63, 3.8) is 0 Å². The van der Waals surface area contributed by atoms with Crippen molar-refractivity contribution in [1.29, 1.82) is 0 Å². The van der Waals surface area contributed by atoms with Crippen molar-refractivity contribution >= 4 is 59.5 Å². The van der Waals surface area contributed by atoms with Gasteiger partial charge in [0.1, 0.15) is 25.8 Å². The molecule has 1 aliphatic heterocycles. The zero-order valence-corrected chi connectivity index (χ0v) is 41.8. The largest absolute Gasteiger partial charge is 0.508 e. The third-order valence-electron chi connectivity index (χ3n) is 14.5. The van der Waals surface area contributed by atoms with Crippen molar-refractivity contribution in [3.8, 4) is 22.3 Å². The average molecular weight is 1020 g/mol. The number of urea groups is 1. The van der Waals surface area contributed by atoms with Gasteiger partial charge in [0.15, 0.2) is 6.61 Å². The van der Waals surface area contributed by atoms with Crippen LogP contribution in [-0.4, -0.2) is 107 Å².